The first-order valence-electron chi connectivity index (χ1n) is 11.4. The first-order chi connectivity index (χ1) is 16.6. The van der Waals surface area contributed by atoms with E-state index in [4.69, 9.17) is 19.2 Å². The standard InChI is InChI=1S/C28H28N2O4/c1-32-19-10-8-17(9-11-19)18-14-24-27(25(31)15-18)28(30-23-7-5-4-6-22(23)29-24)21-13-12-20(33-2)16-26(21)34-3/h4-13,16,18,27-28,30H,14-15H2,1-3H3. The molecule has 34 heavy (non-hydrogen) atoms. The zero-order valence-corrected chi connectivity index (χ0v) is 19.6. The molecule has 3 unspecified atom stereocenters. The summed E-state index contributed by atoms with van der Waals surface area (Å²) in [6, 6.07) is 21.4. The van der Waals surface area contributed by atoms with Crippen molar-refractivity contribution in [2.75, 3.05) is 26.6 Å². The van der Waals surface area contributed by atoms with Gasteiger partial charge in [0.1, 0.15) is 23.0 Å². The van der Waals surface area contributed by atoms with Crippen molar-refractivity contribution in [2.24, 2.45) is 10.9 Å². The molecule has 0 saturated heterocycles. The predicted molar refractivity (Wildman–Crippen MR) is 133 cm³/mol. The van der Waals surface area contributed by atoms with Crippen molar-refractivity contribution in [1.29, 1.82) is 0 Å². The van der Waals surface area contributed by atoms with Crippen molar-refractivity contribution in [1.82, 2.24) is 0 Å². The first kappa shape index (κ1) is 22.0. The molecule has 3 aromatic carbocycles. The zero-order valence-electron chi connectivity index (χ0n) is 19.6. The molecule has 1 N–H and O–H groups in total. The fraction of sp³-hybridized carbons (Fsp3) is 0.286. The Hall–Kier alpha value is -3.80. The highest BCUT2D eigenvalue weighted by Gasteiger charge is 2.42. The average molecular weight is 457 g/mol. The molecule has 174 valence electrons. The Morgan fingerprint density at radius 2 is 1.59 bits per heavy atom. The van der Waals surface area contributed by atoms with E-state index in [9.17, 15) is 4.79 Å². The summed E-state index contributed by atoms with van der Waals surface area (Å²) in [6.07, 6.45) is 1.18. The molecule has 0 spiro atoms. The molecule has 2 aliphatic rings. The van der Waals surface area contributed by atoms with E-state index in [-0.39, 0.29) is 23.7 Å². The SMILES string of the molecule is COc1ccc(C2CC(=O)C3C(=Nc4ccccc4NC3c3ccc(OC)cc3OC)C2)cc1. The second kappa shape index (κ2) is 9.21. The van der Waals surface area contributed by atoms with Gasteiger partial charge in [0, 0.05) is 23.8 Å². The summed E-state index contributed by atoms with van der Waals surface area (Å²) in [7, 11) is 4.92. The van der Waals surface area contributed by atoms with Crippen LogP contribution in [0.2, 0.25) is 0 Å². The van der Waals surface area contributed by atoms with Crippen LogP contribution in [-0.4, -0.2) is 32.8 Å². The number of para-hydroxylation sites is 2. The zero-order chi connectivity index (χ0) is 23.7. The minimum Gasteiger partial charge on any atom is -0.497 e. The predicted octanol–water partition coefficient (Wildman–Crippen LogP) is 5.71. The Kier molecular flexibility index (Phi) is 5.97. The maximum Gasteiger partial charge on any atom is 0.144 e. The third-order valence-electron chi connectivity index (χ3n) is 6.78. The number of nitrogens with one attached hydrogen (secondary N) is 1. The lowest BCUT2D eigenvalue weighted by atomic mass is 9.72. The molecule has 0 amide bonds. The fourth-order valence-electron chi connectivity index (χ4n) is 5.04. The highest BCUT2D eigenvalue weighted by Crippen LogP contribution is 2.46. The number of nitrogens with zero attached hydrogens (tertiary/aromatic N) is 1. The van der Waals surface area contributed by atoms with Crippen molar-refractivity contribution in [2.45, 2.75) is 24.8 Å². The van der Waals surface area contributed by atoms with Gasteiger partial charge < -0.3 is 19.5 Å². The van der Waals surface area contributed by atoms with Gasteiger partial charge in [0.15, 0.2) is 0 Å². The van der Waals surface area contributed by atoms with Gasteiger partial charge in [-0.05, 0) is 54.3 Å². The highest BCUT2D eigenvalue weighted by atomic mass is 16.5. The molecule has 3 atom stereocenters. The number of Topliss-reactive ketones (excluding diaryl/α,β-unsaturated/α-hetero) is 1. The molecule has 6 heteroatoms. The van der Waals surface area contributed by atoms with Gasteiger partial charge in [0.2, 0.25) is 0 Å². The van der Waals surface area contributed by atoms with E-state index >= 15 is 0 Å². The second-order valence-corrected chi connectivity index (χ2v) is 8.67. The molecule has 1 aliphatic carbocycles. The molecule has 1 aliphatic heterocycles. The van der Waals surface area contributed by atoms with Gasteiger partial charge >= 0.3 is 0 Å². The van der Waals surface area contributed by atoms with Crippen LogP contribution in [0.1, 0.15) is 35.9 Å². The molecule has 1 fully saturated rings. The summed E-state index contributed by atoms with van der Waals surface area (Å²) in [5.41, 5.74) is 4.69. The molecule has 1 saturated carbocycles. The maximum atomic E-state index is 13.7. The lowest BCUT2D eigenvalue weighted by molar-refractivity contribution is -0.122. The number of fused-ring (bicyclic) bond motifs is 2. The number of ketones is 1. The number of carbonyl (C=O) groups is 1. The molecule has 6 nitrogen and oxygen atoms in total. The lowest BCUT2D eigenvalue weighted by Crippen LogP contribution is -2.38. The average Bonchev–Trinajstić information content (AvgIpc) is 3.05. The summed E-state index contributed by atoms with van der Waals surface area (Å²) < 4.78 is 16.4. The van der Waals surface area contributed by atoms with E-state index in [1.54, 1.807) is 21.3 Å². The van der Waals surface area contributed by atoms with Crippen LogP contribution < -0.4 is 19.5 Å². The van der Waals surface area contributed by atoms with E-state index in [2.05, 4.69) is 5.32 Å². The van der Waals surface area contributed by atoms with Crippen LogP contribution in [0.15, 0.2) is 71.7 Å². The quantitative estimate of drug-likeness (QED) is 0.532. The van der Waals surface area contributed by atoms with Gasteiger partial charge in [-0.1, -0.05) is 24.3 Å². The number of hydrogen-bond donors (Lipinski definition) is 1. The Morgan fingerprint density at radius 1 is 0.853 bits per heavy atom. The molecule has 3 aromatic rings. The third-order valence-corrected chi connectivity index (χ3v) is 6.78. The number of hydrogen-bond acceptors (Lipinski definition) is 6. The largest absolute Gasteiger partial charge is 0.497 e. The summed E-state index contributed by atoms with van der Waals surface area (Å²) in [4.78, 5) is 18.8. The van der Waals surface area contributed by atoms with Crippen LogP contribution in [-0.2, 0) is 4.79 Å². The maximum absolute atomic E-state index is 13.7. The Balaban J connectivity index is 1.58. The summed E-state index contributed by atoms with van der Waals surface area (Å²) in [5, 5.41) is 3.61. The molecule has 5 rings (SSSR count). The monoisotopic (exact) mass is 456 g/mol. The number of rotatable bonds is 5. The molecule has 0 radical (unpaired) electrons. The van der Waals surface area contributed by atoms with E-state index in [0.717, 1.165) is 34.0 Å². The Morgan fingerprint density at radius 3 is 2.32 bits per heavy atom. The van der Waals surface area contributed by atoms with Gasteiger partial charge in [0.05, 0.1) is 44.7 Å². The molecule has 0 bridgehead atoms. The minimum absolute atomic E-state index is 0.0806. The van der Waals surface area contributed by atoms with E-state index < -0.39 is 0 Å². The van der Waals surface area contributed by atoms with Gasteiger partial charge in [-0.2, -0.15) is 0 Å². The minimum atomic E-state index is -0.385. The van der Waals surface area contributed by atoms with Crippen molar-refractivity contribution < 1.29 is 19.0 Å². The topological polar surface area (TPSA) is 69.2 Å². The molecular weight excluding hydrogens is 428 g/mol. The Labute approximate surface area is 199 Å². The van der Waals surface area contributed by atoms with Gasteiger partial charge in [-0.25, -0.2) is 0 Å². The van der Waals surface area contributed by atoms with Crippen molar-refractivity contribution >= 4 is 22.9 Å². The number of aliphatic imine (C=N–C) groups is 1. The Bertz CT molecular complexity index is 1240. The number of anilines is 1. The number of ether oxygens (including phenoxy) is 3. The summed E-state index contributed by atoms with van der Waals surface area (Å²) >= 11 is 0. The van der Waals surface area contributed by atoms with Crippen LogP contribution in [0.4, 0.5) is 11.4 Å². The second-order valence-electron chi connectivity index (χ2n) is 8.67. The molecule has 1 heterocycles. The summed E-state index contributed by atoms with van der Waals surface area (Å²) in [5.74, 6) is 2.06. The van der Waals surface area contributed by atoms with E-state index in [1.165, 1.54) is 0 Å². The molecular formula is C28H28N2O4. The van der Waals surface area contributed by atoms with Crippen molar-refractivity contribution in [3.05, 3.63) is 77.9 Å². The number of carbonyl (C=O) groups excluding carboxylic acids is 1. The fourth-order valence-corrected chi connectivity index (χ4v) is 5.04. The van der Waals surface area contributed by atoms with Gasteiger partial charge in [-0.3, -0.25) is 9.79 Å². The van der Waals surface area contributed by atoms with Gasteiger partial charge in [-0.15, -0.1) is 0 Å². The van der Waals surface area contributed by atoms with E-state index in [0.29, 0.717) is 24.3 Å². The van der Waals surface area contributed by atoms with Gasteiger partial charge in [0.25, 0.3) is 0 Å². The van der Waals surface area contributed by atoms with Crippen molar-refractivity contribution in [3.63, 3.8) is 0 Å². The molecule has 0 aromatic heterocycles. The summed E-state index contributed by atoms with van der Waals surface area (Å²) in [6.45, 7) is 0. The van der Waals surface area contributed by atoms with Crippen LogP contribution >= 0.6 is 0 Å². The lowest BCUT2D eigenvalue weighted by Gasteiger charge is -2.34. The van der Waals surface area contributed by atoms with Crippen LogP contribution in [0.3, 0.4) is 0 Å². The van der Waals surface area contributed by atoms with Crippen molar-refractivity contribution in [3.8, 4) is 17.2 Å². The highest BCUT2D eigenvalue weighted by molar-refractivity contribution is 6.11. The first-order valence-corrected chi connectivity index (χ1v) is 11.4. The van der Waals surface area contributed by atoms with Crippen LogP contribution in [0.5, 0.6) is 17.2 Å². The third kappa shape index (κ3) is 4.00. The van der Waals surface area contributed by atoms with E-state index in [1.807, 2.05) is 66.7 Å². The smallest absolute Gasteiger partial charge is 0.144 e. The normalized spacial score (nSPS) is 21.3. The van der Waals surface area contributed by atoms with Crippen LogP contribution in [0.25, 0.3) is 0 Å². The van der Waals surface area contributed by atoms with Crippen LogP contribution in [0, 0.1) is 5.92 Å². The number of methoxy groups -OCH3 is 3. The number of benzene rings is 3.